The molecule has 0 aliphatic heterocycles. The molecule has 0 amide bonds. The van der Waals surface area contributed by atoms with E-state index >= 15 is 0 Å². The molecule has 0 saturated heterocycles. The molecule has 2 aromatic rings. The average Bonchev–Trinajstić information content (AvgIpc) is 2.05. The van der Waals surface area contributed by atoms with Crippen LogP contribution in [-0.2, 0) is 0 Å². The molecule has 0 unspecified atom stereocenters. The summed E-state index contributed by atoms with van der Waals surface area (Å²) in [4.78, 5) is 0. The van der Waals surface area contributed by atoms with Crippen molar-refractivity contribution in [2.75, 3.05) is 0 Å². The van der Waals surface area contributed by atoms with Crippen LogP contribution >= 0.6 is 0 Å². The molecule has 0 N–H and O–H groups in total. The third-order valence-electron chi connectivity index (χ3n) is 1.53. The second-order valence-corrected chi connectivity index (χ2v) is 2.21. The summed E-state index contributed by atoms with van der Waals surface area (Å²) in [5, 5.41) is 2.45. The first kappa shape index (κ1) is 8.79. The van der Waals surface area contributed by atoms with Crippen molar-refractivity contribution in [3.63, 3.8) is 0 Å². The number of hydrogen-bond donors (Lipinski definition) is 0. The molecule has 2 rings (SSSR count). The van der Waals surface area contributed by atoms with Gasteiger partial charge >= 0.3 is 29.6 Å². The summed E-state index contributed by atoms with van der Waals surface area (Å²) in [6.07, 6.45) is 0. The number of rotatable bonds is 0. The van der Waals surface area contributed by atoms with Gasteiger partial charge in [0.25, 0.3) is 0 Å². The molecule has 0 heterocycles. The second kappa shape index (κ2) is 3.91. The van der Waals surface area contributed by atoms with Crippen molar-refractivity contribution in [3.05, 3.63) is 48.5 Å². The van der Waals surface area contributed by atoms with Crippen molar-refractivity contribution in [2.45, 2.75) is 0 Å². The Kier molecular flexibility index (Phi) is 3.13. The Morgan fingerprint density at radius 1 is 1.09 bits per heavy atom. The Morgan fingerprint density at radius 3 is 2.55 bits per heavy atom. The minimum absolute atomic E-state index is 0. The Hall–Kier alpha value is -0.300. The molecule has 11 heavy (non-hydrogen) atoms. The molecule has 1 radical (unpaired) electrons. The van der Waals surface area contributed by atoms with E-state index in [2.05, 4.69) is 24.3 Å². The van der Waals surface area contributed by atoms with Crippen LogP contribution in [0.25, 0.3) is 10.8 Å². The van der Waals surface area contributed by atoms with Crippen LogP contribution in [0.2, 0.25) is 0 Å². The zero-order valence-corrected chi connectivity index (χ0v) is 8.46. The van der Waals surface area contributed by atoms with Gasteiger partial charge in [0.2, 0.25) is 0 Å². The van der Waals surface area contributed by atoms with Crippen LogP contribution < -0.4 is 29.6 Å². The quantitative estimate of drug-likeness (QED) is 0.348. The molecule has 0 aliphatic carbocycles. The van der Waals surface area contributed by atoms with Crippen molar-refractivity contribution in [1.82, 2.24) is 0 Å². The van der Waals surface area contributed by atoms with Crippen LogP contribution in [0, 0.1) is 12.1 Å². The van der Waals surface area contributed by atoms with Crippen molar-refractivity contribution < 1.29 is 29.6 Å². The zero-order chi connectivity index (χ0) is 6.81. The van der Waals surface area contributed by atoms with E-state index in [9.17, 15) is 0 Å². The minimum atomic E-state index is 0. The van der Waals surface area contributed by atoms with Crippen molar-refractivity contribution in [2.24, 2.45) is 0 Å². The third kappa shape index (κ3) is 1.84. The summed E-state index contributed by atoms with van der Waals surface area (Å²) >= 11 is 0. The molecule has 0 saturated carbocycles. The fraction of sp³-hybridized carbons (Fsp3) is 0. The van der Waals surface area contributed by atoms with E-state index in [4.69, 9.17) is 0 Å². The normalized spacial score (nSPS) is 9.09. The molecular weight excluding hydrogens is 143 g/mol. The molecule has 1 heteroatoms. The summed E-state index contributed by atoms with van der Waals surface area (Å²) in [5.74, 6) is 0. The third-order valence-corrected chi connectivity index (χ3v) is 1.53. The van der Waals surface area contributed by atoms with Gasteiger partial charge in [0.05, 0.1) is 0 Å². The number of benzene rings is 2. The Bertz CT molecular complexity index is 276. The maximum absolute atomic E-state index is 2.91. The van der Waals surface area contributed by atoms with Crippen LogP contribution in [0.1, 0.15) is 0 Å². The van der Waals surface area contributed by atoms with Crippen molar-refractivity contribution >= 4 is 10.8 Å². The smallest absolute Gasteiger partial charge is 0.177 e. The summed E-state index contributed by atoms with van der Waals surface area (Å²) in [6, 6.07) is 17.9. The van der Waals surface area contributed by atoms with Crippen LogP contribution in [0.3, 0.4) is 0 Å². The van der Waals surface area contributed by atoms with E-state index in [-0.39, 0.29) is 29.6 Å². The molecule has 47 valence electrons. The molecule has 0 atom stereocenters. The predicted molar refractivity (Wildman–Crippen MR) is 41.6 cm³/mol. The van der Waals surface area contributed by atoms with Gasteiger partial charge in [0.15, 0.2) is 0 Å². The summed E-state index contributed by atoms with van der Waals surface area (Å²) in [6.45, 7) is 0. The van der Waals surface area contributed by atoms with Gasteiger partial charge in [0.1, 0.15) is 0 Å². The van der Waals surface area contributed by atoms with Gasteiger partial charge < -0.3 is 0 Å². The molecule has 0 aliphatic rings. The Morgan fingerprint density at radius 2 is 1.82 bits per heavy atom. The number of hydrogen-bond acceptors (Lipinski definition) is 0. The van der Waals surface area contributed by atoms with E-state index in [1.54, 1.807) is 0 Å². The molecule has 0 nitrogen and oxygen atoms in total. The van der Waals surface area contributed by atoms with Gasteiger partial charge in [0, 0.05) is 0 Å². The van der Waals surface area contributed by atoms with E-state index in [0.717, 1.165) is 0 Å². The second-order valence-electron chi connectivity index (χ2n) is 2.21. The standard InChI is InChI=1S/C10H6.Na/c1-2-6-10-8-4-3-7-9(10)5-1;/h1-2,5-8H;/q-1;+1. The van der Waals surface area contributed by atoms with Crippen LogP contribution in [0.15, 0.2) is 36.4 Å². The van der Waals surface area contributed by atoms with Gasteiger partial charge in [-0.05, 0) is 0 Å². The monoisotopic (exact) mass is 149 g/mol. The summed E-state index contributed by atoms with van der Waals surface area (Å²) in [7, 11) is 0. The van der Waals surface area contributed by atoms with Gasteiger partial charge in [-0.1, -0.05) is 18.2 Å². The van der Waals surface area contributed by atoms with E-state index < -0.39 is 0 Å². The molecule has 2 aromatic carbocycles. The van der Waals surface area contributed by atoms with Crippen LogP contribution in [0.5, 0.6) is 0 Å². The molecule has 0 aromatic heterocycles. The fourth-order valence-corrected chi connectivity index (χ4v) is 1.01. The van der Waals surface area contributed by atoms with Crippen molar-refractivity contribution in [1.29, 1.82) is 0 Å². The summed E-state index contributed by atoms with van der Waals surface area (Å²) < 4.78 is 0. The molecule has 0 fully saturated rings. The van der Waals surface area contributed by atoms with Crippen molar-refractivity contribution in [3.8, 4) is 0 Å². The van der Waals surface area contributed by atoms with Gasteiger partial charge in [-0.25, -0.2) is 0 Å². The first-order valence-corrected chi connectivity index (χ1v) is 3.23. The molecular formula is C10H6Na. The van der Waals surface area contributed by atoms with Gasteiger partial charge in [-0.3, -0.25) is 0 Å². The summed E-state index contributed by atoms with van der Waals surface area (Å²) in [5.41, 5.74) is 0. The first-order chi connectivity index (χ1) is 4.97. The van der Waals surface area contributed by atoms with E-state index in [1.165, 1.54) is 10.8 Å². The molecule has 0 spiro atoms. The average molecular weight is 149 g/mol. The van der Waals surface area contributed by atoms with E-state index in [1.807, 2.05) is 24.3 Å². The first-order valence-electron chi connectivity index (χ1n) is 3.23. The van der Waals surface area contributed by atoms with Gasteiger partial charge in [-0.2, -0.15) is 24.3 Å². The predicted octanol–water partition coefficient (Wildman–Crippen LogP) is -0.556. The van der Waals surface area contributed by atoms with Gasteiger partial charge in [-0.15, -0.1) is 16.8 Å². The number of fused-ring (bicyclic) bond motifs is 1. The maximum atomic E-state index is 2.91. The van der Waals surface area contributed by atoms with Crippen LogP contribution in [0.4, 0.5) is 0 Å². The topological polar surface area (TPSA) is 0 Å². The fourth-order valence-electron chi connectivity index (χ4n) is 1.01. The molecule has 0 bridgehead atoms. The SMILES string of the molecule is [Na+].[c]1[c-]cc2ccccc2c1. The maximum Gasteiger partial charge on any atom is 1.00 e. The Labute approximate surface area is 88.5 Å². The van der Waals surface area contributed by atoms with E-state index in [0.29, 0.717) is 0 Å². The van der Waals surface area contributed by atoms with Crippen LogP contribution in [-0.4, -0.2) is 0 Å². The Balaban J connectivity index is 0.000000605. The zero-order valence-electron chi connectivity index (χ0n) is 6.46. The minimum Gasteiger partial charge on any atom is -0.177 e. The largest absolute Gasteiger partial charge is 1.00 e.